The molecule has 0 radical (unpaired) electrons. The van der Waals surface area contributed by atoms with E-state index in [0.717, 1.165) is 12.0 Å². The van der Waals surface area contributed by atoms with Crippen molar-refractivity contribution in [3.63, 3.8) is 0 Å². The minimum atomic E-state index is -1.31. The number of halogens is 1. The number of ether oxygens (including phenoxy) is 2. The maximum absolute atomic E-state index is 12.7. The Balaban J connectivity index is 1.52. The van der Waals surface area contributed by atoms with Crippen LogP contribution in [0.2, 0.25) is 5.02 Å². The Hall–Kier alpha value is -2.31. The number of rotatable bonds is 4. The highest BCUT2D eigenvalue weighted by Gasteiger charge is 2.16. The van der Waals surface area contributed by atoms with E-state index in [1.165, 1.54) is 0 Å². The Morgan fingerprint density at radius 2 is 1.88 bits per heavy atom. The summed E-state index contributed by atoms with van der Waals surface area (Å²) in [4.78, 5) is 4.87. The van der Waals surface area contributed by atoms with Crippen LogP contribution in [0.5, 0.6) is 11.5 Å². The highest BCUT2D eigenvalue weighted by atomic mass is 35.5. The van der Waals surface area contributed by atoms with Crippen molar-refractivity contribution >= 4 is 22.4 Å². The van der Waals surface area contributed by atoms with Crippen molar-refractivity contribution in [2.24, 2.45) is 0 Å². The highest BCUT2D eigenvalue weighted by molar-refractivity contribution is 7.84. The van der Waals surface area contributed by atoms with Crippen molar-refractivity contribution in [3.05, 3.63) is 59.6 Å². The average Bonchev–Trinajstić information content (AvgIpc) is 2.97. The van der Waals surface area contributed by atoms with Crippen LogP contribution in [-0.2, 0) is 16.6 Å². The molecule has 0 saturated heterocycles. The second kappa shape index (κ2) is 7.51. The fourth-order valence-electron chi connectivity index (χ4n) is 2.64. The zero-order valence-electron chi connectivity index (χ0n) is 13.8. The molecule has 2 heterocycles. The lowest BCUT2D eigenvalue weighted by molar-refractivity contribution is 0.297. The maximum atomic E-state index is 12.7. The van der Waals surface area contributed by atoms with E-state index in [-0.39, 0.29) is 5.75 Å². The summed E-state index contributed by atoms with van der Waals surface area (Å²) in [5, 5.41) is 0.583. The third kappa shape index (κ3) is 3.61. The summed E-state index contributed by atoms with van der Waals surface area (Å²) in [5.41, 5.74) is 0.759. The summed E-state index contributed by atoms with van der Waals surface area (Å²) in [5.74, 6) is 2.42. The van der Waals surface area contributed by atoms with Crippen molar-refractivity contribution in [2.45, 2.75) is 17.1 Å². The van der Waals surface area contributed by atoms with Crippen LogP contribution in [-0.4, -0.2) is 22.4 Å². The first-order valence-electron chi connectivity index (χ1n) is 8.18. The number of benzene rings is 2. The average molecular weight is 390 g/mol. The topological polar surface area (TPSA) is 61.6 Å². The summed E-state index contributed by atoms with van der Waals surface area (Å²) in [6.45, 7) is 1.21. The highest BCUT2D eigenvalue weighted by Crippen LogP contribution is 2.32. The number of fused-ring (bicyclic) bond motifs is 1. The summed E-state index contributed by atoms with van der Waals surface area (Å²) < 4.78 is 29.7. The van der Waals surface area contributed by atoms with Gasteiger partial charge in [0.25, 0.3) is 0 Å². The Morgan fingerprint density at radius 1 is 1.08 bits per heavy atom. The van der Waals surface area contributed by atoms with Crippen LogP contribution in [0.4, 0.5) is 0 Å². The van der Waals surface area contributed by atoms with Gasteiger partial charge in [-0.3, -0.25) is 4.21 Å². The standard InChI is InChI=1S/C19H16ClNO4S/c20-15-5-2-1-4-14(15)18-11-21-19(25-18)12-26(22)13-6-7-16-17(10-13)24-9-3-8-23-16/h1-2,4-7,10-11H,3,8-9,12H2/t26-/m1/s1. The summed E-state index contributed by atoms with van der Waals surface area (Å²) in [7, 11) is -1.31. The van der Waals surface area contributed by atoms with Crippen LogP contribution in [0, 0.1) is 0 Å². The zero-order chi connectivity index (χ0) is 17.9. The zero-order valence-corrected chi connectivity index (χ0v) is 15.4. The molecule has 1 aliphatic heterocycles. The fraction of sp³-hybridized carbons (Fsp3) is 0.211. The van der Waals surface area contributed by atoms with E-state index in [9.17, 15) is 4.21 Å². The molecule has 0 spiro atoms. The number of nitrogens with zero attached hydrogens (tertiary/aromatic N) is 1. The Kier molecular flexibility index (Phi) is 4.95. The first-order valence-corrected chi connectivity index (χ1v) is 9.88. The quantitative estimate of drug-likeness (QED) is 0.659. The van der Waals surface area contributed by atoms with Gasteiger partial charge in [-0.1, -0.05) is 23.7 Å². The van der Waals surface area contributed by atoms with Gasteiger partial charge >= 0.3 is 0 Å². The Bertz CT molecular complexity index is 956. The van der Waals surface area contributed by atoms with Crippen LogP contribution in [0.1, 0.15) is 12.3 Å². The molecule has 1 aliphatic rings. The molecule has 0 fully saturated rings. The lowest BCUT2D eigenvalue weighted by Gasteiger charge is -2.08. The molecule has 0 unspecified atom stereocenters. The van der Waals surface area contributed by atoms with E-state index in [4.69, 9.17) is 25.5 Å². The first-order chi connectivity index (χ1) is 12.7. The molecule has 3 aromatic rings. The monoisotopic (exact) mass is 389 g/mol. The molecular weight excluding hydrogens is 374 g/mol. The molecule has 0 bridgehead atoms. The predicted molar refractivity (Wildman–Crippen MR) is 99.1 cm³/mol. The van der Waals surface area contributed by atoms with E-state index in [1.807, 2.05) is 18.2 Å². The lowest BCUT2D eigenvalue weighted by Crippen LogP contribution is -1.99. The van der Waals surface area contributed by atoms with Crippen molar-refractivity contribution < 1.29 is 18.1 Å². The van der Waals surface area contributed by atoms with Crippen LogP contribution < -0.4 is 9.47 Å². The number of oxazole rings is 1. The minimum absolute atomic E-state index is 0.171. The number of aromatic nitrogens is 1. The largest absolute Gasteiger partial charge is 0.490 e. The first kappa shape index (κ1) is 17.1. The van der Waals surface area contributed by atoms with Gasteiger partial charge in [0.2, 0.25) is 5.89 Å². The molecule has 26 heavy (non-hydrogen) atoms. The molecule has 7 heteroatoms. The molecule has 1 aromatic heterocycles. The van der Waals surface area contributed by atoms with Crippen molar-refractivity contribution in [3.8, 4) is 22.8 Å². The van der Waals surface area contributed by atoms with E-state index in [0.29, 0.717) is 46.3 Å². The van der Waals surface area contributed by atoms with Gasteiger partial charge in [-0.2, -0.15) is 0 Å². The Morgan fingerprint density at radius 3 is 2.73 bits per heavy atom. The van der Waals surface area contributed by atoms with Crippen LogP contribution in [0.3, 0.4) is 0 Å². The van der Waals surface area contributed by atoms with Crippen LogP contribution >= 0.6 is 11.6 Å². The third-order valence-electron chi connectivity index (χ3n) is 3.93. The number of hydrogen-bond acceptors (Lipinski definition) is 5. The lowest BCUT2D eigenvalue weighted by atomic mass is 10.2. The molecule has 0 N–H and O–H groups in total. The van der Waals surface area contributed by atoms with Crippen molar-refractivity contribution in [1.29, 1.82) is 0 Å². The molecule has 4 rings (SSSR count). The van der Waals surface area contributed by atoms with Gasteiger partial charge < -0.3 is 13.9 Å². The van der Waals surface area contributed by atoms with Gasteiger partial charge in [0.15, 0.2) is 17.3 Å². The molecule has 5 nitrogen and oxygen atoms in total. The summed E-state index contributed by atoms with van der Waals surface area (Å²) >= 11 is 6.18. The molecule has 0 saturated carbocycles. The summed E-state index contributed by atoms with van der Waals surface area (Å²) in [6, 6.07) is 12.7. The van der Waals surface area contributed by atoms with Crippen LogP contribution in [0.15, 0.2) is 58.0 Å². The van der Waals surface area contributed by atoms with Gasteiger partial charge in [0.05, 0.1) is 35.2 Å². The van der Waals surface area contributed by atoms with Gasteiger partial charge in [0.1, 0.15) is 5.75 Å². The third-order valence-corrected chi connectivity index (χ3v) is 5.55. The van der Waals surface area contributed by atoms with Crippen molar-refractivity contribution in [2.75, 3.05) is 13.2 Å². The summed E-state index contributed by atoms with van der Waals surface area (Å²) in [6.07, 6.45) is 2.43. The van der Waals surface area contributed by atoms with E-state index >= 15 is 0 Å². The molecule has 1 atom stereocenters. The minimum Gasteiger partial charge on any atom is -0.490 e. The second-order valence-corrected chi connectivity index (χ2v) is 7.61. The van der Waals surface area contributed by atoms with Crippen molar-refractivity contribution in [1.82, 2.24) is 4.98 Å². The molecular formula is C19H16ClNO4S. The Labute approximate surface area is 158 Å². The van der Waals surface area contributed by atoms with E-state index in [2.05, 4.69) is 4.98 Å². The smallest absolute Gasteiger partial charge is 0.207 e. The molecule has 2 aromatic carbocycles. The van der Waals surface area contributed by atoms with E-state index in [1.54, 1.807) is 30.5 Å². The molecule has 134 valence electrons. The fourth-order valence-corrected chi connectivity index (χ4v) is 3.85. The predicted octanol–water partition coefficient (Wildman–Crippen LogP) is 4.46. The molecule has 0 aliphatic carbocycles. The maximum Gasteiger partial charge on any atom is 0.207 e. The molecule has 0 amide bonds. The normalized spacial score (nSPS) is 14.7. The SMILES string of the molecule is O=[S@](Cc1ncc(-c2ccccc2Cl)o1)c1ccc2c(c1)OCCCO2. The van der Waals surface area contributed by atoms with Gasteiger partial charge in [0, 0.05) is 22.9 Å². The second-order valence-electron chi connectivity index (χ2n) is 5.75. The number of hydrogen-bond donors (Lipinski definition) is 0. The van der Waals surface area contributed by atoms with Crippen LogP contribution in [0.25, 0.3) is 11.3 Å². The van der Waals surface area contributed by atoms with Gasteiger partial charge in [-0.15, -0.1) is 0 Å². The van der Waals surface area contributed by atoms with Gasteiger partial charge in [-0.25, -0.2) is 4.98 Å². The van der Waals surface area contributed by atoms with Gasteiger partial charge in [-0.05, 0) is 24.3 Å². The van der Waals surface area contributed by atoms with E-state index < -0.39 is 10.8 Å².